The zero-order valence-corrected chi connectivity index (χ0v) is 28.1. The van der Waals surface area contributed by atoms with Crippen LogP contribution in [0.5, 0.6) is 0 Å². The predicted octanol–water partition coefficient (Wildman–Crippen LogP) is 8.15. The molecule has 2 aliphatic rings. The van der Waals surface area contributed by atoms with E-state index in [1.807, 2.05) is 35.5 Å². The van der Waals surface area contributed by atoms with Crippen LogP contribution >= 0.6 is 22.7 Å². The van der Waals surface area contributed by atoms with Gasteiger partial charge in [-0.15, -0.1) is 22.7 Å². The number of fused-ring (bicyclic) bond motifs is 2. The van der Waals surface area contributed by atoms with Gasteiger partial charge in [0.2, 0.25) is 0 Å². The molecule has 0 aliphatic heterocycles. The number of oxazole rings is 2. The average Bonchev–Trinajstić information content (AvgIpc) is 4.02. The zero-order valence-electron chi connectivity index (χ0n) is 26.4. The molecule has 12 heteroatoms. The second kappa shape index (κ2) is 12.5. The Bertz CT molecular complexity index is 2210. The van der Waals surface area contributed by atoms with Crippen molar-refractivity contribution in [2.75, 3.05) is 0 Å². The van der Waals surface area contributed by atoms with E-state index in [0.717, 1.165) is 52.4 Å². The lowest BCUT2D eigenvalue weighted by atomic mass is 9.72. The first kappa shape index (κ1) is 30.1. The van der Waals surface area contributed by atoms with Gasteiger partial charge in [0, 0.05) is 57.5 Å². The predicted molar refractivity (Wildman–Crippen MR) is 192 cm³/mol. The van der Waals surface area contributed by atoms with Crippen molar-refractivity contribution in [2.45, 2.75) is 23.7 Å². The van der Waals surface area contributed by atoms with Crippen LogP contribution in [-0.2, 0) is 23.7 Å². The van der Waals surface area contributed by atoms with Gasteiger partial charge in [-0.05, 0) is 11.1 Å². The van der Waals surface area contributed by atoms with Crippen molar-refractivity contribution >= 4 is 34.8 Å². The molecule has 50 heavy (non-hydrogen) atoms. The molecule has 6 heterocycles. The summed E-state index contributed by atoms with van der Waals surface area (Å²) in [7, 11) is 0. The number of allylic oxidation sites excluding steroid dienone is 2. The minimum atomic E-state index is -0.235. The van der Waals surface area contributed by atoms with E-state index < -0.39 is 0 Å². The first-order chi connectivity index (χ1) is 24.7. The summed E-state index contributed by atoms with van der Waals surface area (Å²) in [6, 6.07) is 21.1. The maximum atomic E-state index is 5.42. The quantitative estimate of drug-likeness (QED) is 0.178. The summed E-state index contributed by atoms with van der Waals surface area (Å²) in [5.74, 6) is 0.673. The van der Waals surface area contributed by atoms with Gasteiger partial charge in [-0.25, -0.2) is 9.97 Å². The fraction of sp³-hybridized carbons (Fsp3) is 0.105. The van der Waals surface area contributed by atoms with E-state index in [1.54, 1.807) is 35.1 Å². The van der Waals surface area contributed by atoms with Crippen LogP contribution in [0.1, 0.15) is 43.4 Å². The molecule has 2 unspecified atom stereocenters. The van der Waals surface area contributed by atoms with E-state index in [1.165, 1.54) is 33.7 Å². The Morgan fingerprint density at radius 2 is 1.22 bits per heavy atom. The number of aromatic nitrogens is 8. The Morgan fingerprint density at radius 3 is 1.72 bits per heavy atom. The number of benzene rings is 2. The van der Waals surface area contributed by atoms with Gasteiger partial charge in [0.15, 0.2) is 18.5 Å². The highest BCUT2D eigenvalue weighted by atomic mass is 32.1. The van der Waals surface area contributed by atoms with Crippen molar-refractivity contribution in [3.8, 4) is 22.8 Å². The summed E-state index contributed by atoms with van der Waals surface area (Å²) in [5, 5.41) is 15.3. The number of hydrogen-bond acceptors (Lipinski definition) is 10. The Hall–Kier alpha value is -5.98. The number of H-pyrrole nitrogens is 2. The molecule has 0 amide bonds. The van der Waals surface area contributed by atoms with Gasteiger partial charge < -0.3 is 8.83 Å². The summed E-state index contributed by atoms with van der Waals surface area (Å²) in [4.78, 5) is 19.3. The first-order valence-corrected chi connectivity index (χ1v) is 17.7. The minimum absolute atomic E-state index is 0.233. The maximum absolute atomic E-state index is 5.42. The van der Waals surface area contributed by atoms with Crippen LogP contribution in [0.15, 0.2) is 130 Å². The Labute approximate surface area is 294 Å². The second-order valence-electron chi connectivity index (χ2n) is 12.1. The molecule has 0 spiro atoms. The molecule has 2 aliphatic carbocycles. The van der Waals surface area contributed by atoms with E-state index in [-0.39, 0.29) is 10.8 Å². The van der Waals surface area contributed by atoms with Gasteiger partial charge in [-0.2, -0.15) is 10.2 Å². The van der Waals surface area contributed by atoms with Crippen LogP contribution < -0.4 is 0 Å². The summed E-state index contributed by atoms with van der Waals surface area (Å²) < 4.78 is 10.5. The lowest BCUT2D eigenvalue weighted by Gasteiger charge is -2.32. The monoisotopic (exact) mass is 692 g/mol. The number of rotatable bonds is 6. The SMILES string of the molecule is C1=CC(c2ccccc2)(c2cncs2)Cc2[nH]nc(-c3cnco3)c21.C1=CC(c2ccccc2)(c2cncs2)Cc2[nH]nc(-c3cocn3)c21. The van der Waals surface area contributed by atoms with Crippen LogP contribution in [-0.4, -0.2) is 40.3 Å². The van der Waals surface area contributed by atoms with Crippen molar-refractivity contribution in [3.63, 3.8) is 0 Å². The summed E-state index contributed by atoms with van der Waals surface area (Å²) in [5.41, 5.74) is 12.5. The Balaban J connectivity index is 0.000000135. The molecule has 0 saturated carbocycles. The topological polar surface area (TPSA) is 135 Å². The number of thiazole rings is 2. The standard InChI is InChI=1S/2C19H14N4OS/c1-2-4-13(5-3-1)19(17-9-20-12-25-17)7-6-14-15(8-19)22-23-18(14)16-10-24-11-21-16;1-2-4-13(5-3-1)19(17-10-21-12-25-17)7-6-14-15(8-19)22-23-18(14)16-9-20-11-24-16/h2*1-7,9-12H,8H2,(H,22,23). The summed E-state index contributed by atoms with van der Waals surface area (Å²) >= 11 is 3.36. The molecule has 244 valence electrons. The van der Waals surface area contributed by atoms with E-state index in [2.05, 4.69) is 113 Å². The molecule has 10 nitrogen and oxygen atoms in total. The summed E-state index contributed by atoms with van der Waals surface area (Å²) in [6.07, 6.45) is 20.5. The molecule has 0 saturated heterocycles. The van der Waals surface area contributed by atoms with Gasteiger partial charge >= 0.3 is 0 Å². The molecule has 8 aromatic rings. The molecule has 0 radical (unpaired) electrons. The molecular formula is C38H28N8O2S2. The van der Waals surface area contributed by atoms with Gasteiger partial charge in [-0.3, -0.25) is 20.2 Å². The van der Waals surface area contributed by atoms with E-state index in [0.29, 0.717) is 5.76 Å². The van der Waals surface area contributed by atoms with Gasteiger partial charge in [0.05, 0.1) is 28.0 Å². The fourth-order valence-electron chi connectivity index (χ4n) is 6.94. The third kappa shape index (κ3) is 5.08. The normalized spacial score (nSPS) is 19.0. The highest BCUT2D eigenvalue weighted by Crippen LogP contribution is 2.45. The number of hydrogen-bond donors (Lipinski definition) is 2. The second-order valence-corrected chi connectivity index (χ2v) is 13.9. The Morgan fingerprint density at radius 1 is 0.640 bits per heavy atom. The number of aromatic amines is 2. The third-order valence-corrected chi connectivity index (χ3v) is 11.3. The minimum Gasteiger partial charge on any atom is -0.451 e. The van der Waals surface area contributed by atoms with E-state index in [4.69, 9.17) is 8.83 Å². The molecular weight excluding hydrogens is 665 g/mol. The van der Waals surface area contributed by atoms with E-state index in [9.17, 15) is 0 Å². The van der Waals surface area contributed by atoms with Crippen molar-refractivity contribution < 1.29 is 8.83 Å². The number of nitrogens with one attached hydrogen (secondary N) is 2. The van der Waals surface area contributed by atoms with Crippen molar-refractivity contribution in [3.05, 3.63) is 165 Å². The van der Waals surface area contributed by atoms with Gasteiger partial charge in [-0.1, -0.05) is 85.0 Å². The van der Waals surface area contributed by atoms with Crippen LogP contribution in [0.25, 0.3) is 35.0 Å². The molecule has 0 fully saturated rings. The van der Waals surface area contributed by atoms with Crippen molar-refractivity contribution in [2.24, 2.45) is 0 Å². The lowest BCUT2D eigenvalue weighted by molar-refractivity contribution is 0.558. The van der Waals surface area contributed by atoms with Crippen molar-refractivity contribution in [1.82, 2.24) is 40.3 Å². The highest BCUT2D eigenvalue weighted by Gasteiger charge is 2.39. The lowest BCUT2D eigenvalue weighted by Crippen LogP contribution is -2.29. The molecule has 0 bridgehead atoms. The smallest absolute Gasteiger partial charge is 0.181 e. The Kier molecular flexibility index (Phi) is 7.51. The largest absolute Gasteiger partial charge is 0.451 e. The molecule has 10 rings (SSSR count). The fourth-order valence-corrected chi connectivity index (χ4v) is 8.59. The average molecular weight is 693 g/mol. The van der Waals surface area contributed by atoms with Crippen molar-refractivity contribution in [1.29, 1.82) is 0 Å². The maximum Gasteiger partial charge on any atom is 0.181 e. The van der Waals surface area contributed by atoms with Crippen LogP contribution in [0, 0.1) is 0 Å². The third-order valence-electron chi connectivity index (χ3n) is 9.41. The van der Waals surface area contributed by atoms with Gasteiger partial charge in [0.1, 0.15) is 23.3 Å². The number of nitrogens with zero attached hydrogens (tertiary/aromatic N) is 6. The highest BCUT2D eigenvalue weighted by molar-refractivity contribution is 7.10. The van der Waals surface area contributed by atoms with Gasteiger partial charge in [0.25, 0.3) is 0 Å². The van der Waals surface area contributed by atoms with Crippen LogP contribution in [0.3, 0.4) is 0 Å². The molecule has 6 aromatic heterocycles. The molecule has 2 atom stereocenters. The van der Waals surface area contributed by atoms with E-state index >= 15 is 0 Å². The van der Waals surface area contributed by atoms with Crippen LogP contribution in [0.4, 0.5) is 0 Å². The molecule has 2 N–H and O–H groups in total. The van der Waals surface area contributed by atoms with Crippen LogP contribution in [0.2, 0.25) is 0 Å². The summed E-state index contributed by atoms with van der Waals surface area (Å²) in [6.45, 7) is 0. The first-order valence-electron chi connectivity index (χ1n) is 15.9. The zero-order chi connectivity index (χ0) is 33.4. The molecule has 2 aromatic carbocycles.